The molecule has 0 heterocycles. The smallest absolute Gasteiger partial charge is 0.0331 e. The maximum atomic E-state index is 2.39. The first-order chi connectivity index (χ1) is 9.10. The van der Waals surface area contributed by atoms with Gasteiger partial charge in [-0.1, -0.05) is 115 Å². The number of rotatable bonds is 5. The predicted molar refractivity (Wildman–Crippen MR) is 98.2 cm³/mol. The van der Waals surface area contributed by atoms with E-state index in [2.05, 4.69) is 41.5 Å². The maximum absolute atomic E-state index is 2.39. The summed E-state index contributed by atoms with van der Waals surface area (Å²) in [5.74, 6) is 0. The molecule has 0 saturated heterocycles. The van der Waals surface area contributed by atoms with E-state index in [0.717, 1.165) is 0 Å². The van der Waals surface area contributed by atoms with Gasteiger partial charge >= 0.3 is 0 Å². The van der Waals surface area contributed by atoms with E-state index < -0.39 is 0 Å². The van der Waals surface area contributed by atoms with Gasteiger partial charge in [-0.3, -0.25) is 0 Å². The maximum Gasteiger partial charge on any atom is -0.0331 e. The van der Waals surface area contributed by atoms with Crippen molar-refractivity contribution in [2.45, 2.75) is 122 Å². The third kappa shape index (κ3) is 38.1. The summed E-state index contributed by atoms with van der Waals surface area (Å²) in [5.41, 5.74) is 0.634. The summed E-state index contributed by atoms with van der Waals surface area (Å²) in [7, 11) is 0. The average molecular weight is 277 g/mol. The van der Waals surface area contributed by atoms with Crippen LogP contribution in [0.3, 0.4) is 0 Å². The van der Waals surface area contributed by atoms with Gasteiger partial charge in [0.1, 0.15) is 0 Å². The van der Waals surface area contributed by atoms with Crippen LogP contribution in [-0.4, -0.2) is 0 Å². The van der Waals surface area contributed by atoms with E-state index in [4.69, 9.17) is 0 Å². The molecular weight excluding hydrogens is 228 g/mol. The van der Waals surface area contributed by atoms with Gasteiger partial charge in [0.15, 0.2) is 0 Å². The highest BCUT2D eigenvalue weighted by Crippen LogP contribution is 2.30. The summed E-state index contributed by atoms with van der Waals surface area (Å²) in [6, 6.07) is 0. The van der Waals surface area contributed by atoms with Gasteiger partial charge < -0.3 is 0 Å². The third-order valence-corrected chi connectivity index (χ3v) is 3.06. The lowest BCUT2D eigenvalue weighted by Gasteiger charge is -2.25. The van der Waals surface area contributed by atoms with E-state index in [9.17, 15) is 0 Å². The van der Waals surface area contributed by atoms with Crippen LogP contribution in [0, 0.1) is 5.41 Å². The van der Waals surface area contributed by atoms with Gasteiger partial charge in [0.25, 0.3) is 0 Å². The molecule has 0 saturated carbocycles. The van der Waals surface area contributed by atoms with Gasteiger partial charge in [-0.15, -0.1) is 0 Å². The quantitative estimate of drug-likeness (QED) is 0.472. The fourth-order valence-corrected chi connectivity index (χ4v) is 1.21. The Morgan fingerprint density at radius 3 is 0.842 bits per heavy atom. The minimum absolute atomic E-state index is 0.634. The standard InChI is InChI=1S/C9H20.C4H10.3C2H6/c1-5-8-9(4,6-2)7-3;1-3-4-2;3*1-2/h5-8H2,1-4H3;3-4H2,1-2H3;3*1-2H3. The highest BCUT2D eigenvalue weighted by atomic mass is 14.2. The van der Waals surface area contributed by atoms with Gasteiger partial charge in [0.05, 0.1) is 0 Å². The average Bonchev–Trinajstić information content (AvgIpc) is 2.53. The second-order valence-electron chi connectivity index (χ2n) is 4.27. The third-order valence-electron chi connectivity index (χ3n) is 3.06. The second kappa shape index (κ2) is 36.1. The number of hydrogen-bond acceptors (Lipinski definition) is 0. The minimum atomic E-state index is 0.634. The summed E-state index contributed by atoms with van der Waals surface area (Å²) >= 11 is 0. The summed E-state index contributed by atoms with van der Waals surface area (Å²) in [6.45, 7) is 25.6. The molecule has 0 unspecified atom stereocenters. The summed E-state index contributed by atoms with van der Waals surface area (Å²) < 4.78 is 0. The van der Waals surface area contributed by atoms with E-state index >= 15 is 0 Å². The largest absolute Gasteiger partial charge is 0.0683 e. The molecule has 0 heteroatoms. The first-order valence-corrected chi connectivity index (χ1v) is 9.10. The van der Waals surface area contributed by atoms with Crippen molar-refractivity contribution >= 4 is 0 Å². The van der Waals surface area contributed by atoms with Crippen LogP contribution >= 0.6 is 0 Å². The molecule has 0 aliphatic carbocycles. The lowest BCUT2D eigenvalue weighted by atomic mass is 9.81. The zero-order valence-electron chi connectivity index (χ0n) is 16.7. The Balaban J connectivity index is -0.0000000549. The molecule has 19 heavy (non-hydrogen) atoms. The van der Waals surface area contributed by atoms with Gasteiger partial charge in [-0.2, -0.15) is 0 Å². The van der Waals surface area contributed by atoms with Crippen LogP contribution in [0.4, 0.5) is 0 Å². The Morgan fingerprint density at radius 2 is 0.789 bits per heavy atom. The van der Waals surface area contributed by atoms with E-state index in [-0.39, 0.29) is 0 Å². The van der Waals surface area contributed by atoms with Crippen molar-refractivity contribution in [2.75, 3.05) is 0 Å². The minimum Gasteiger partial charge on any atom is -0.0683 e. The van der Waals surface area contributed by atoms with Crippen molar-refractivity contribution in [3.05, 3.63) is 0 Å². The molecule has 0 aromatic carbocycles. The summed E-state index contributed by atoms with van der Waals surface area (Å²) in [5, 5.41) is 0. The molecule has 0 spiro atoms. The monoisotopic (exact) mass is 276 g/mol. The zero-order chi connectivity index (χ0) is 16.7. The molecular formula is C19H48. The van der Waals surface area contributed by atoms with E-state index in [0.29, 0.717) is 5.41 Å². The lowest BCUT2D eigenvalue weighted by Crippen LogP contribution is -2.12. The molecule has 0 aromatic heterocycles. The van der Waals surface area contributed by atoms with Crippen LogP contribution in [0.15, 0.2) is 0 Å². The molecule has 0 aliphatic rings. The molecule has 0 aromatic rings. The topological polar surface area (TPSA) is 0 Å². The van der Waals surface area contributed by atoms with Crippen molar-refractivity contribution < 1.29 is 0 Å². The molecule has 0 amide bonds. The van der Waals surface area contributed by atoms with Crippen LogP contribution < -0.4 is 0 Å². The normalized spacial score (nSPS) is 8.21. The Kier molecular flexibility index (Phi) is 59.7. The SMILES string of the molecule is CC.CC.CC.CCCC.CCCC(C)(CC)CC. The van der Waals surface area contributed by atoms with Gasteiger partial charge in [-0.05, 0) is 11.8 Å². The van der Waals surface area contributed by atoms with Crippen molar-refractivity contribution in [2.24, 2.45) is 5.41 Å². The fourth-order valence-electron chi connectivity index (χ4n) is 1.21. The summed E-state index contributed by atoms with van der Waals surface area (Å²) in [4.78, 5) is 0. The first-order valence-electron chi connectivity index (χ1n) is 9.10. The van der Waals surface area contributed by atoms with Crippen molar-refractivity contribution in [1.29, 1.82) is 0 Å². The molecule has 0 radical (unpaired) electrons. The van der Waals surface area contributed by atoms with Crippen LogP contribution in [0.2, 0.25) is 0 Å². The van der Waals surface area contributed by atoms with Crippen molar-refractivity contribution in [3.8, 4) is 0 Å². The second-order valence-corrected chi connectivity index (χ2v) is 4.27. The first kappa shape index (κ1) is 31.4. The van der Waals surface area contributed by atoms with Crippen molar-refractivity contribution in [1.82, 2.24) is 0 Å². The molecule has 0 aliphatic heterocycles. The Labute approximate surface area is 127 Å². The number of unbranched alkanes of at least 4 members (excludes halogenated alkanes) is 1. The molecule has 124 valence electrons. The Hall–Kier alpha value is 0. The summed E-state index contributed by atoms with van der Waals surface area (Å²) in [6.07, 6.45) is 8.02. The molecule has 0 rings (SSSR count). The molecule has 0 N–H and O–H groups in total. The fraction of sp³-hybridized carbons (Fsp3) is 1.00. The Bertz CT molecular complexity index is 78.0. The van der Waals surface area contributed by atoms with Crippen molar-refractivity contribution in [3.63, 3.8) is 0 Å². The molecule has 0 atom stereocenters. The highest BCUT2D eigenvalue weighted by Gasteiger charge is 2.16. The zero-order valence-corrected chi connectivity index (χ0v) is 16.7. The Morgan fingerprint density at radius 1 is 0.526 bits per heavy atom. The van der Waals surface area contributed by atoms with E-state index in [1.165, 1.54) is 38.5 Å². The van der Waals surface area contributed by atoms with Crippen LogP contribution in [-0.2, 0) is 0 Å². The highest BCUT2D eigenvalue weighted by molar-refractivity contribution is 4.69. The number of hydrogen-bond donors (Lipinski definition) is 0. The molecule has 0 fully saturated rings. The van der Waals surface area contributed by atoms with E-state index in [1.54, 1.807) is 0 Å². The van der Waals surface area contributed by atoms with Gasteiger partial charge in [-0.25, -0.2) is 0 Å². The van der Waals surface area contributed by atoms with Gasteiger partial charge in [0, 0.05) is 0 Å². The lowest BCUT2D eigenvalue weighted by molar-refractivity contribution is 0.270. The van der Waals surface area contributed by atoms with Crippen LogP contribution in [0.5, 0.6) is 0 Å². The van der Waals surface area contributed by atoms with E-state index in [1.807, 2.05) is 41.5 Å². The predicted octanol–water partition coefficient (Wildman–Crippen LogP) is 8.50. The molecule has 0 nitrogen and oxygen atoms in total. The van der Waals surface area contributed by atoms with Crippen LogP contribution in [0.25, 0.3) is 0 Å². The van der Waals surface area contributed by atoms with Gasteiger partial charge in [0.2, 0.25) is 0 Å². The van der Waals surface area contributed by atoms with Crippen LogP contribution in [0.1, 0.15) is 122 Å². The molecule has 0 bridgehead atoms.